The molecule has 0 N–H and O–H groups in total. The van der Waals surface area contributed by atoms with Gasteiger partial charge in [0.1, 0.15) is 19.0 Å². The maximum atomic E-state index is 5.35. The van der Waals surface area contributed by atoms with E-state index in [0.29, 0.717) is 13.2 Å². The SMILES string of the molecule is C#CCOCc1ccc(SC)o1. The van der Waals surface area contributed by atoms with Crippen LogP contribution in [-0.2, 0) is 11.3 Å². The van der Waals surface area contributed by atoms with Crippen molar-refractivity contribution in [1.82, 2.24) is 0 Å². The van der Waals surface area contributed by atoms with Gasteiger partial charge in [0.05, 0.1) is 0 Å². The van der Waals surface area contributed by atoms with Gasteiger partial charge in [0.25, 0.3) is 0 Å². The van der Waals surface area contributed by atoms with Crippen molar-refractivity contribution in [2.24, 2.45) is 0 Å². The summed E-state index contributed by atoms with van der Waals surface area (Å²) in [5, 5.41) is 0.898. The highest BCUT2D eigenvalue weighted by Crippen LogP contribution is 2.18. The molecule has 0 saturated heterocycles. The van der Waals surface area contributed by atoms with Crippen LogP contribution in [0.4, 0.5) is 0 Å². The van der Waals surface area contributed by atoms with E-state index in [1.807, 2.05) is 18.4 Å². The normalized spacial score (nSPS) is 9.67. The molecule has 0 aliphatic carbocycles. The number of hydrogen-bond acceptors (Lipinski definition) is 3. The van der Waals surface area contributed by atoms with Gasteiger partial charge in [0.2, 0.25) is 0 Å². The Bertz CT molecular complexity index is 272. The minimum atomic E-state index is 0.329. The van der Waals surface area contributed by atoms with E-state index < -0.39 is 0 Å². The van der Waals surface area contributed by atoms with Gasteiger partial charge in [0, 0.05) is 0 Å². The molecule has 1 rings (SSSR count). The van der Waals surface area contributed by atoms with Gasteiger partial charge in [0.15, 0.2) is 5.09 Å². The van der Waals surface area contributed by atoms with Crippen LogP contribution in [0.15, 0.2) is 21.6 Å². The predicted octanol–water partition coefficient (Wildman–Crippen LogP) is 2.15. The number of hydrogen-bond donors (Lipinski definition) is 0. The third kappa shape index (κ3) is 2.65. The van der Waals surface area contributed by atoms with Crippen LogP contribution in [0.25, 0.3) is 0 Å². The van der Waals surface area contributed by atoms with Crippen molar-refractivity contribution < 1.29 is 9.15 Å². The van der Waals surface area contributed by atoms with Gasteiger partial charge in [-0.15, -0.1) is 6.42 Å². The minimum Gasteiger partial charge on any atom is -0.452 e. The average molecular weight is 182 g/mol. The molecule has 0 spiro atoms. The van der Waals surface area contributed by atoms with Crippen molar-refractivity contribution in [3.05, 3.63) is 17.9 Å². The fourth-order valence-electron chi connectivity index (χ4n) is 0.756. The summed E-state index contributed by atoms with van der Waals surface area (Å²) in [6.45, 7) is 0.778. The summed E-state index contributed by atoms with van der Waals surface area (Å²) < 4.78 is 10.4. The van der Waals surface area contributed by atoms with Crippen molar-refractivity contribution in [3.8, 4) is 12.3 Å². The summed E-state index contributed by atoms with van der Waals surface area (Å²) in [5.41, 5.74) is 0. The smallest absolute Gasteiger partial charge is 0.160 e. The molecule has 0 saturated carbocycles. The van der Waals surface area contributed by atoms with Crippen LogP contribution in [0, 0.1) is 12.3 Å². The summed E-state index contributed by atoms with van der Waals surface area (Å²) in [6, 6.07) is 3.81. The van der Waals surface area contributed by atoms with Crippen LogP contribution in [0.1, 0.15) is 5.76 Å². The first-order valence-electron chi connectivity index (χ1n) is 3.50. The Morgan fingerprint density at radius 1 is 1.67 bits per heavy atom. The fourth-order valence-corrected chi connectivity index (χ4v) is 1.15. The Balaban J connectivity index is 2.37. The van der Waals surface area contributed by atoms with Crippen LogP contribution in [0.5, 0.6) is 0 Å². The van der Waals surface area contributed by atoms with Crippen LogP contribution >= 0.6 is 11.8 Å². The zero-order chi connectivity index (χ0) is 8.81. The van der Waals surface area contributed by atoms with Gasteiger partial charge < -0.3 is 9.15 Å². The molecule has 3 heteroatoms. The second-order valence-electron chi connectivity index (χ2n) is 2.12. The Morgan fingerprint density at radius 3 is 3.08 bits per heavy atom. The molecule has 1 aromatic heterocycles. The van der Waals surface area contributed by atoms with E-state index in [-0.39, 0.29) is 0 Å². The minimum absolute atomic E-state index is 0.329. The highest BCUT2D eigenvalue weighted by Gasteiger charge is 1.99. The lowest BCUT2D eigenvalue weighted by molar-refractivity contribution is 0.132. The first-order valence-corrected chi connectivity index (χ1v) is 4.73. The topological polar surface area (TPSA) is 22.4 Å². The van der Waals surface area contributed by atoms with E-state index in [9.17, 15) is 0 Å². The summed E-state index contributed by atoms with van der Waals surface area (Å²) >= 11 is 1.57. The predicted molar refractivity (Wildman–Crippen MR) is 49.0 cm³/mol. The van der Waals surface area contributed by atoms with Gasteiger partial charge in [-0.1, -0.05) is 17.7 Å². The monoisotopic (exact) mass is 182 g/mol. The van der Waals surface area contributed by atoms with Crippen molar-refractivity contribution in [1.29, 1.82) is 0 Å². The van der Waals surface area contributed by atoms with Gasteiger partial charge in [-0.05, 0) is 18.4 Å². The highest BCUT2D eigenvalue weighted by molar-refractivity contribution is 7.98. The molecular weight excluding hydrogens is 172 g/mol. The largest absolute Gasteiger partial charge is 0.452 e. The Hall–Kier alpha value is -0.850. The number of thioether (sulfide) groups is 1. The van der Waals surface area contributed by atoms with Crippen LogP contribution < -0.4 is 0 Å². The van der Waals surface area contributed by atoms with E-state index in [4.69, 9.17) is 15.6 Å². The summed E-state index contributed by atoms with van der Waals surface area (Å²) in [5.74, 6) is 3.20. The third-order valence-electron chi connectivity index (χ3n) is 1.27. The first kappa shape index (κ1) is 9.24. The summed E-state index contributed by atoms with van der Waals surface area (Å²) in [6.07, 6.45) is 6.98. The second kappa shape index (κ2) is 4.91. The standard InChI is InChI=1S/C9H10O2S/c1-3-6-10-7-8-4-5-9(11-8)12-2/h1,4-5H,6-7H2,2H3. The molecule has 0 amide bonds. The average Bonchev–Trinajstić information content (AvgIpc) is 2.53. The molecular formula is C9H10O2S. The molecule has 0 atom stereocenters. The second-order valence-corrected chi connectivity index (χ2v) is 2.93. The molecule has 64 valence electrons. The Morgan fingerprint density at radius 2 is 2.50 bits per heavy atom. The number of rotatable bonds is 4. The molecule has 12 heavy (non-hydrogen) atoms. The molecule has 0 aromatic carbocycles. The third-order valence-corrected chi connectivity index (χ3v) is 1.89. The van der Waals surface area contributed by atoms with Crippen molar-refractivity contribution in [2.75, 3.05) is 12.9 Å². The molecule has 1 aromatic rings. The van der Waals surface area contributed by atoms with E-state index in [1.165, 1.54) is 0 Å². The maximum Gasteiger partial charge on any atom is 0.160 e. The molecule has 2 nitrogen and oxygen atoms in total. The lowest BCUT2D eigenvalue weighted by atomic mass is 10.5. The first-order chi connectivity index (χ1) is 5.86. The Kier molecular flexibility index (Phi) is 3.78. The lowest BCUT2D eigenvalue weighted by Crippen LogP contribution is -1.90. The molecule has 1 heterocycles. The van der Waals surface area contributed by atoms with Crippen molar-refractivity contribution >= 4 is 11.8 Å². The lowest BCUT2D eigenvalue weighted by Gasteiger charge is -1.94. The van der Waals surface area contributed by atoms with Crippen molar-refractivity contribution in [3.63, 3.8) is 0 Å². The van der Waals surface area contributed by atoms with Crippen LogP contribution in [-0.4, -0.2) is 12.9 Å². The van der Waals surface area contributed by atoms with Gasteiger partial charge in [-0.25, -0.2) is 0 Å². The van der Waals surface area contributed by atoms with Crippen molar-refractivity contribution in [2.45, 2.75) is 11.7 Å². The van der Waals surface area contributed by atoms with E-state index in [0.717, 1.165) is 10.9 Å². The molecule has 0 aliphatic rings. The molecule has 0 aliphatic heterocycles. The molecule has 0 unspecified atom stereocenters. The van der Waals surface area contributed by atoms with Gasteiger partial charge in [-0.2, -0.15) is 0 Å². The van der Waals surface area contributed by atoms with E-state index >= 15 is 0 Å². The highest BCUT2D eigenvalue weighted by atomic mass is 32.2. The quantitative estimate of drug-likeness (QED) is 0.405. The van der Waals surface area contributed by atoms with Gasteiger partial charge in [-0.3, -0.25) is 0 Å². The number of ether oxygens (including phenoxy) is 1. The summed E-state index contributed by atoms with van der Waals surface area (Å²) in [4.78, 5) is 0. The number of furan rings is 1. The van der Waals surface area contributed by atoms with Gasteiger partial charge >= 0.3 is 0 Å². The molecule has 0 bridgehead atoms. The summed E-state index contributed by atoms with van der Waals surface area (Å²) in [7, 11) is 0. The Labute approximate surface area is 76.3 Å². The molecule has 0 radical (unpaired) electrons. The van der Waals surface area contributed by atoms with Crippen LogP contribution in [0.2, 0.25) is 0 Å². The molecule has 0 fully saturated rings. The van der Waals surface area contributed by atoms with E-state index in [1.54, 1.807) is 11.8 Å². The number of terminal acetylenes is 1. The van der Waals surface area contributed by atoms with E-state index in [2.05, 4.69) is 5.92 Å². The maximum absolute atomic E-state index is 5.35. The zero-order valence-electron chi connectivity index (χ0n) is 6.87. The van der Waals surface area contributed by atoms with Crippen LogP contribution in [0.3, 0.4) is 0 Å². The zero-order valence-corrected chi connectivity index (χ0v) is 7.69. The fraction of sp³-hybridized carbons (Fsp3) is 0.333.